The number of isothiocyanates is 1. The molecule has 1 N–H and O–H groups in total. The minimum Gasteiger partial charge on any atom is -0.478 e. The second-order valence-corrected chi connectivity index (χ2v) is 3.15. The van der Waals surface area contributed by atoms with Crippen molar-refractivity contribution in [3.05, 3.63) is 16.5 Å². The fourth-order valence-electron chi connectivity index (χ4n) is 0.815. The van der Waals surface area contributed by atoms with E-state index in [0.717, 1.165) is 0 Å². The summed E-state index contributed by atoms with van der Waals surface area (Å²) < 4.78 is 0. The maximum absolute atomic E-state index is 10.7. The SMILES string of the molecule is Cc1csc(N=C=S)c1C(=O)O. The summed E-state index contributed by atoms with van der Waals surface area (Å²) in [5, 5.41) is 13.0. The van der Waals surface area contributed by atoms with Crippen LogP contribution in [0.2, 0.25) is 0 Å². The van der Waals surface area contributed by atoms with Gasteiger partial charge in [0.25, 0.3) is 0 Å². The first-order valence-corrected chi connectivity index (χ1v) is 4.35. The van der Waals surface area contributed by atoms with Crippen molar-refractivity contribution in [3.63, 3.8) is 0 Å². The van der Waals surface area contributed by atoms with Gasteiger partial charge in [-0.15, -0.1) is 11.3 Å². The fourth-order valence-corrected chi connectivity index (χ4v) is 1.83. The number of aromatic carboxylic acids is 1. The molecule has 0 bridgehead atoms. The molecule has 0 radical (unpaired) electrons. The molecular formula is C7H5NO2S2. The predicted octanol–water partition coefficient (Wildman–Crippen LogP) is 2.49. The number of aliphatic imine (C=N–C) groups is 1. The van der Waals surface area contributed by atoms with Crippen molar-refractivity contribution in [1.82, 2.24) is 0 Å². The Morgan fingerprint density at radius 1 is 1.83 bits per heavy atom. The summed E-state index contributed by atoms with van der Waals surface area (Å²) >= 11 is 5.64. The van der Waals surface area contributed by atoms with Gasteiger partial charge in [0.1, 0.15) is 5.00 Å². The molecule has 12 heavy (non-hydrogen) atoms. The minimum absolute atomic E-state index is 0.220. The summed E-state index contributed by atoms with van der Waals surface area (Å²) in [6.07, 6.45) is 0. The lowest BCUT2D eigenvalue weighted by Gasteiger charge is -1.91. The maximum atomic E-state index is 10.7. The first-order chi connectivity index (χ1) is 5.66. The van der Waals surface area contributed by atoms with Gasteiger partial charge in [0, 0.05) is 0 Å². The summed E-state index contributed by atoms with van der Waals surface area (Å²) in [7, 11) is 0. The number of carboxylic acid groups (broad SMARTS) is 1. The van der Waals surface area contributed by atoms with Crippen LogP contribution in [-0.2, 0) is 0 Å². The number of hydrogen-bond acceptors (Lipinski definition) is 4. The topological polar surface area (TPSA) is 49.7 Å². The van der Waals surface area contributed by atoms with Crippen LogP contribution in [0.1, 0.15) is 15.9 Å². The van der Waals surface area contributed by atoms with Crippen molar-refractivity contribution in [3.8, 4) is 0 Å². The highest BCUT2D eigenvalue weighted by molar-refractivity contribution is 7.78. The van der Waals surface area contributed by atoms with E-state index in [2.05, 4.69) is 22.4 Å². The predicted molar refractivity (Wildman–Crippen MR) is 50.7 cm³/mol. The lowest BCUT2D eigenvalue weighted by molar-refractivity contribution is 0.0697. The molecule has 0 spiro atoms. The number of aryl methyl sites for hydroxylation is 1. The molecule has 1 rings (SSSR count). The second kappa shape index (κ2) is 3.58. The molecule has 0 amide bonds. The van der Waals surface area contributed by atoms with Gasteiger partial charge < -0.3 is 5.11 Å². The molecular weight excluding hydrogens is 194 g/mol. The molecule has 1 heterocycles. The molecule has 5 heteroatoms. The van der Waals surface area contributed by atoms with E-state index in [1.54, 1.807) is 12.3 Å². The molecule has 0 aliphatic heterocycles. The van der Waals surface area contributed by atoms with Gasteiger partial charge in [0.2, 0.25) is 0 Å². The number of thiocarbonyl (C=S) groups is 1. The minimum atomic E-state index is -0.974. The number of nitrogens with zero attached hydrogens (tertiary/aromatic N) is 1. The van der Waals surface area contributed by atoms with Gasteiger partial charge in [-0.2, -0.15) is 4.99 Å². The fraction of sp³-hybridized carbons (Fsp3) is 0.143. The molecule has 0 saturated heterocycles. The van der Waals surface area contributed by atoms with Crippen LogP contribution < -0.4 is 0 Å². The molecule has 0 saturated carbocycles. The summed E-state index contributed by atoms with van der Waals surface area (Å²) in [5.74, 6) is -0.974. The molecule has 0 aliphatic carbocycles. The standard InChI is InChI=1S/C7H5NO2S2/c1-4-2-12-6(8-3-11)5(4)7(9)10/h2H,1H3,(H,9,10). The zero-order valence-electron chi connectivity index (χ0n) is 6.20. The van der Waals surface area contributed by atoms with Gasteiger partial charge >= 0.3 is 5.97 Å². The maximum Gasteiger partial charge on any atom is 0.339 e. The zero-order chi connectivity index (χ0) is 9.14. The molecule has 0 atom stereocenters. The number of rotatable bonds is 2. The Bertz CT molecular complexity index is 363. The van der Waals surface area contributed by atoms with Crippen molar-refractivity contribution in [2.45, 2.75) is 6.92 Å². The molecule has 0 fully saturated rings. The third-order valence-corrected chi connectivity index (χ3v) is 2.40. The van der Waals surface area contributed by atoms with E-state index >= 15 is 0 Å². The molecule has 0 aliphatic rings. The van der Waals surface area contributed by atoms with Crippen LogP contribution in [0.4, 0.5) is 5.00 Å². The van der Waals surface area contributed by atoms with Gasteiger partial charge in [-0.25, -0.2) is 4.79 Å². The number of carbonyl (C=O) groups is 1. The Hall–Kier alpha value is -1.03. The van der Waals surface area contributed by atoms with Crippen LogP contribution in [0.25, 0.3) is 0 Å². The van der Waals surface area contributed by atoms with E-state index in [9.17, 15) is 4.79 Å². The Kier molecular flexibility index (Phi) is 2.70. The average Bonchev–Trinajstić information content (AvgIpc) is 2.32. The van der Waals surface area contributed by atoms with Crippen molar-refractivity contribution in [2.24, 2.45) is 4.99 Å². The van der Waals surface area contributed by atoms with Crippen molar-refractivity contribution < 1.29 is 9.90 Å². The second-order valence-electron chi connectivity index (χ2n) is 2.11. The van der Waals surface area contributed by atoms with Gasteiger partial charge in [-0.05, 0) is 30.1 Å². The third kappa shape index (κ3) is 1.58. The molecule has 0 aromatic carbocycles. The highest BCUT2D eigenvalue weighted by Crippen LogP contribution is 2.29. The Labute approximate surface area is 78.4 Å². The average molecular weight is 199 g/mol. The van der Waals surface area contributed by atoms with Crippen LogP contribution in [0.3, 0.4) is 0 Å². The zero-order valence-corrected chi connectivity index (χ0v) is 7.83. The molecule has 0 unspecified atom stereocenters. The van der Waals surface area contributed by atoms with Crippen molar-refractivity contribution in [2.75, 3.05) is 0 Å². The summed E-state index contributed by atoms with van der Waals surface area (Å²) in [5.41, 5.74) is 0.925. The lowest BCUT2D eigenvalue weighted by atomic mass is 10.2. The first kappa shape index (κ1) is 9.06. The van der Waals surface area contributed by atoms with Crippen molar-refractivity contribution >= 4 is 39.7 Å². The summed E-state index contributed by atoms with van der Waals surface area (Å²) in [4.78, 5) is 14.3. The Morgan fingerprint density at radius 3 is 3.00 bits per heavy atom. The van der Waals surface area contributed by atoms with Gasteiger partial charge in [0.15, 0.2) is 0 Å². The van der Waals surface area contributed by atoms with Crippen molar-refractivity contribution in [1.29, 1.82) is 0 Å². The largest absolute Gasteiger partial charge is 0.478 e. The van der Waals surface area contributed by atoms with Crippen LogP contribution in [0.15, 0.2) is 10.4 Å². The third-order valence-electron chi connectivity index (χ3n) is 1.32. The monoisotopic (exact) mass is 199 g/mol. The van der Waals surface area contributed by atoms with Crippen LogP contribution in [-0.4, -0.2) is 16.2 Å². The van der Waals surface area contributed by atoms with Crippen LogP contribution in [0.5, 0.6) is 0 Å². The quantitative estimate of drug-likeness (QED) is 0.588. The van der Waals surface area contributed by atoms with E-state index < -0.39 is 5.97 Å². The number of hydrogen-bond donors (Lipinski definition) is 1. The highest BCUT2D eigenvalue weighted by atomic mass is 32.1. The molecule has 1 aromatic rings. The van der Waals surface area contributed by atoms with E-state index in [4.69, 9.17) is 5.11 Å². The molecule has 62 valence electrons. The Morgan fingerprint density at radius 2 is 2.50 bits per heavy atom. The summed E-state index contributed by atoms with van der Waals surface area (Å²) in [6, 6.07) is 0. The highest BCUT2D eigenvalue weighted by Gasteiger charge is 2.14. The van der Waals surface area contributed by atoms with Crippen LogP contribution in [0, 0.1) is 6.92 Å². The lowest BCUT2D eigenvalue weighted by Crippen LogP contribution is -1.95. The van der Waals surface area contributed by atoms with E-state index in [-0.39, 0.29) is 5.56 Å². The van der Waals surface area contributed by atoms with Gasteiger partial charge in [-0.3, -0.25) is 0 Å². The molecule has 1 aromatic heterocycles. The normalized spacial score (nSPS) is 9.08. The van der Waals surface area contributed by atoms with Gasteiger partial charge in [0.05, 0.1) is 10.7 Å². The van der Waals surface area contributed by atoms with Crippen LogP contribution >= 0.6 is 23.6 Å². The summed E-state index contributed by atoms with van der Waals surface area (Å²) in [6.45, 7) is 1.72. The van der Waals surface area contributed by atoms with Gasteiger partial charge in [-0.1, -0.05) is 0 Å². The van der Waals surface area contributed by atoms with E-state index in [1.165, 1.54) is 11.3 Å². The first-order valence-electron chi connectivity index (χ1n) is 3.06. The number of carboxylic acids is 1. The number of thiophene rings is 1. The van der Waals surface area contributed by atoms with E-state index in [0.29, 0.717) is 10.6 Å². The Balaban J connectivity index is 3.30. The molecule has 3 nitrogen and oxygen atoms in total. The smallest absolute Gasteiger partial charge is 0.339 e. The van der Waals surface area contributed by atoms with E-state index in [1.807, 2.05) is 0 Å².